The Labute approximate surface area is 118 Å². The summed E-state index contributed by atoms with van der Waals surface area (Å²) in [4.78, 5) is 22.4. The van der Waals surface area contributed by atoms with Gasteiger partial charge in [0, 0.05) is 17.5 Å². The fourth-order valence-electron chi connectivity index (χ4n) is 1.40. The van der Waals surface area contributed by atoms with Crippen molar-refractivity contribution in [1.29, 1.82) is 0 Å². The number of carbonyl (C=O) groups is 2. The molecule has 1 amide bonds. The van der Waals surface area contributed by atoms with E-state index in [4.69, 9.17) is 14.4 Å². The number of hydrogen-bond acceptors (Lipinski definition) is 6. The second-order valence-electron chi connectivity index (χ2n) is 3.92. The molecular formula is C12H12N2O5S. The average molecular weight is 296 g/mol. The summed E-state index contributed by atoms with van der Waals surface area (Å²) >= 11 is 1.07. The van der Waals surface area contributed by atoms with E-state index in [1.807, 2.05) is 0 Å². The Bertz CT molecular complexity index is 619. The number of carboxylic acids is 1. The van der Waals surface area contributed by atoms with Crippen molar-refractivity contribution >= 4 is 29.0 Å². The minimum atomic E-state index is -0.996. The lowest BCUT2D eigenvalue weighted by Crippen LogP contribution is -2.15. The van der Waals surface area contributed by atoms with Crippen molar-refractivity contribution in [3.63, 3.8) is 0 Å². The SMILES string of the molecule is Cc1cc(NC(=O)CCOc2csc(C(=O)O)c2)no1. The third-order valence-electron chi connectivity index (χ3n) is 2.28. The number of nitrogens with zero attached hydrogens (tertiary/aromatic N) is 1. The molecule has 20 heavy (non-hydrogen) atoms. The number of amides is 1. The van der Waals surface area contributed by atoms with Crippen LogP contribution in [0.25, 0.3) is 0 Å². The standard InChI is InChI=1S/C12H12N2O5S/c1-7-4-10(14-19-7)13-11(15)2-3-18-8-5-9(12(16)17)20-6-8/h4-6H,2-3H2,1H3,(H,16,17)(H,13,14,15). The van der Waals surface area contributed by atoms with Crippen molar-refractivity contribution in [1.82, 2.24) is 5.16 Å². The monoisotopic (exact) mass is 296 g/mol. The van der Waals surface area contributed by atoms with Crippen LogP contribution in [0.3, 0.4) is 0 Å². The third-order valence-corrected chi connectivity index (χ3v) is 3.18. The topological polar surface area (TPSA) is 102 Å². The molecule has 0 saturated heterocycles. The van der Waals surface area contributed by atoms with Crippen LogP contribution in [-0.4, -0.2) is 28.7 Å². The highest BCUT2D eigenvalue weighted by Crippen LogP contribution is 2.21. The minimum absolute atomic E-state index is 0.129. The maximum Gasteiger partial charge on any atom is 0.346 e. The lowest BCUT2D eigenvalue weighted by atomic mass is 10.4. The van der Waals surface area contributed by atoms with Crippen LogP contribution >= 0.6 is 11.3 Å². The fraction of sp³-hybridized carbons (Fsp3) is 0.250. The van der Waals surface area contributed by atoms with Crippen molar-refractivity contribution in [2.75, 3.05) is 11.9 Å². The third kappa shape index (κ3) is 3.82. The summed E-state index contributed by atoms with van der Waals surface area (Å²) in [6, 6.07) is 3.03. The average Bonchev–Trinajstić information content (AvgIpc) is 2.99. The van der Waals surface area contributed by atoms with Gasteiger partial charge in [0.1, 0.15) is 16.4 Å². The molecule has 2 rings (SSSR count). The molecule has 2 N–H and O–H groups in total. The zero-order valence-corrected chi connectivity index (χ0v) is 11.4. The minimum Gasteiger partial charge on any atom is -0.492 e. The van der Waals surface area contributed by atoms with E-state index >= 15 is 0 Å². The Balaban J connectivity index is 1.74. The number of thiophene rings is 1. The molecule has 2 heterocycles. The molecule has 0 radical (unpaired) electrons. The molecule has 8 heteroatoms. The summed E-state index contributed by atoms with van der Waals surface area (Å²) in [5, 5.41) is 16.5. The second-order valence-corrected chi connectivity index (χ2v) is 4.83. The van der Waals surface area contributed by atoms with Gasteiger partial charge in [-0.1, -0.05) is 5.16 Å². The number of rotatable bonds is 6. The Morgan fingerprint density at radius 1 is 1.50 bits per heavy atom. The smallest absolute Gasteiger partial charge is 0.346 e. The van der Waals surface area contributed by atoms with Gasteiger partial charge in [-0.2, -0.15) is 0 Å². The largest absolute Gasteiger partial charge is 0.492 e. The van der Waals surface area contributed by atoms with Gasteiger partial charge in [-0.15, -0.1) is 11.3 Å². The summed E-state index contributed by atoms with van der Waals surface area (Å²) in [5.74, 6) is 0.153. The van der Waals surface area contributed by atoms with Gasteiger partial charge in [0.25, 0.3) is 0 Å². The van der Waals surface area contributed by atoms with Gasteiger partial charge >= 0.3 is 5.97 Å². The van der Waals surface area contributed by atoms with Crippen molar-refractivity contribution in [2.24, 2.45) is 0 Å². The van der Waals surface area contributed by atoms with E-state index in [1.165, 1.54) is 6.07 Å². The molecular weight excluding hydrogens is 284 g/mol. The molecule has 106 valence electrons. The first-order chi connectivity index (χ1) is 9.54. The van der Waals surface area contributed by atoms with Crippen LogP contribution in [-0.2, 0) is 4.79 Å². The van der Waals surface area contributed by atoms with Gasteiger partial charge in [-0.3, -0.25) is 4.79 Å². The molecule has 2 aromatic rings. The van der Waals surface area contributed by atoms with E-state index in [-0.39, 0.29) is 23.8 Å². The number of aromatic carboxylic acids is 1. The van der Waals surface area contributed by atoms with Gasteiger partial charge in [0.2, 0.25) is 5.91 Å². The summed E-state index contributed by atoms with van der Waals surface area (Å²) in [7, 11) is 0. The van der Waals surface area contributed by atoms with Gasteiger partial charge in [-0.25, -0.2) is 4.79 Å². The van der Waals surface area contributed by atoms with Crippen LogP contribution in [0, 0.1) is 6.92 Å². The summed E-state index contributed by atoms with van der Waals surface area (Å²) in [5.41, 5.74) is 0. The van der Waals surface area contributed by atoms with Crippen LogP contribution in [0.15, 0.2) is 22.0 Å². The second kappa shape index (κ2) is 6.20. The molecule has 0 aliphatic rings. The van der Waals surface area contributed by atoms with E-state index in [0.29, 0.717) is 17.3 Å². The molecule has 0 saturated carbocycles. The molecule has 0 atom stereocenters. The van der Waals surface area contributed by atoms with Crippen LogP contribution < -0.4 is 10.1 Å². The number of ether oxygens (including phenoxy) is 1. The summed E-state index contributed by atoms with van der Waals surface area (Å²) < 4.78 is 10.1. The zero-order valence-electron chi connectivity index (χ0n) is 10.6. The van der Waals surface area contributed by atoms with Gasteiger partial charge in [-0.05, 0) is 6.92 Å². The van der Waals surface area contributed by atoms with E-state index in [1.54, 1.807) is 18.4 Å². The van der Waals surface area contributed by atoms with E-state index < -0.39 is 5.97 Å². The van der Waals surface area contributed by atoms with E-state index in [9.17, 15) is 9.59 Å². The number of nitrogens with one attached hydrogen (secondary N) is 1. The summed E-state index contributed by atoms with van der Waals surface area (Å²) in [6.07, 6.45) is 0.129. The summed E-state index contributed by atoms with van der Waals surface area (Å²) in [6.45, 7) is 1.88. The number of hydrogen-bond donors (Lipinski definition) is 2. The van der Waals surface area contributed by atoms with Crippen LogP contribution in [0.5, 0.6) is 5.75 Å². The Morgan fingerprint density at radius 3 is 2.90 bits per heavy atom. The van der Waals surface area contributed by atoms with Crippen molar-refractivity contribution in [3.05, 3.63) is 28.2 Å². The van der Waals surface area contributed by atoms with Gasteiger partial charge in [0.05, 0.1) is 13.0 Å². The number of aryl methyl sites for hydroxylation is 1. The predicted octanol–water partition coefficient (Wildman–Crippen LogP) is 2.15. The maximum atomic E-state index is 11.6. The van der Waals surface area contributed by atoms with Crippen LogP contribution in [0.1, 0.15) is 21.9 Å². The number of carbonyl (C=O) groups excluding carboxylic acids is 1. The predicted molar refractivity (Wildman–Crippen MR) is 71.3 cm³/mol. The highest BCUT2D eigenvalue weighted by molar-refractivity contribution is 7.12. The quantitative estimate of drug-likeness (QED) is 0.847. The molecule has 0 fully saturated rings. The highest BCUT2D eigenvalue weighted by atomic mass is 32.1. The van der Waals surface area contributed by atoms with E-state index in [0.717, 1.165) is 11.3 Å². The molecule has 0 unspecified atom stereocenters. The van der Waals surface area contributed by atoms with Crippen LogP contribution in [0.4, 0.5) is 5.82 Å². The van der Waals surface area contributed by atoms with Gasteiger partial charge < -0.3 is 19.7 Å². The number of anilines is 1. The molecule has 7 nitrogen and oxygen atoms in total. The first-order valence-electron chi connectivity index (χ1n) is 5.72. The molecule has 0 spiro atoms. The van der Waals surface area contributed by atoms with Gasteiger partial charge in [0.15, 0.2) is 5.82 Å². The fourth-order valence-corrected chi connectivity index (χ4v) is 2.06. The molecule has 0 bridgehead atoms. The Morgan fingerprint density at radius 2 is 2.30 bits per heavy atom. The highest BCUT2D eigenvalue weighted by Gasteiger charge is 2.09. The number of carboxylic acid groups (broad SMARTS) is 1. The Kier molecular flexibility index (Phi) is 4.36. The lowest BCUT2D eigenvalue weighted by molar-refractivity contribution is -0.116. The lowest BCUT2D eigenvalue weighted by Gasteiger charge is -2.03. The van der Waals surface area contributed by atoms with Crippen molar-refractivity contribution in [2.45, 2.75) is 13.3 Å². The van der Waals surface area contributed by atoms with Crippen molar-refractivity contribution < 1.29 is 24.0 Å². The zero-order chi connectivity index (χ0) is 14.5. The number of aromatic nitrogens is 1. The molecule has 0 aromatic carbocycles. The van der Waals surface area contributed by atoms with Crippen LogP contribution in [0.2, 0.25) is 0 Å². The van der Waals surface area contributed by atoms with E-state index in [2.05, 4.69) is 10.5 Å². The normalized spacial score (nSPS) is 10.2. The molecule has 0 aliphatic heterocycles. The maximum absolute atomic E-state index is 11.6. The Hall–Kier alpha value is -2.35. The first kappa shape index (κ1) is 14.1. The molecule has 0 aliphatic carbocycles. The van der Waals surface area contributed by atoms with Crippen molar-refractivity contribution in [3.8, 4) is 5.75 Å². The first-order valence-corrected chi connectivity index (χ1v) is 6.60. The molecule has 2 aromatic heterocycles.